The molecular formula is C8H8N2O2. The van der Waals surface area contributed by atoms with E-state index in [9.17, 15) is 10.1 Å². The first-order valence-corrected chi connectivity index (χ1v) is 3.37. The minimum absolute atomic E-state index is 0.0872. The van der Waals surface area contributed by atoms with Gasteiger partial charge in [0.15, 0.2) is 0 Å². The SMILES string of the molecule is NC=Cc1ccc([N+](=O)[O-])cc1. The van der Waals surface area contributed by atoms with Gasteiger partial charge < -0.3 is 5.73 Å². The van der Waals surface area contributed by atoms with Crippen LogP contribution >= 0.6 is 0 Å². The fraction of sp³-hybridized carbons (Fsp3) is 0. The highest BCUT2D eigenvalue weighted by atomic mass is 16.6. The van der Waals surface area contributed by atoms with Crippen LogP contribution in [0.1, 0.15) is 5.56 Å². The molecule has 4 nitrogen and oxygen atoms in total. The predicted molar refractivity (Wildman–Crippen MR) is 46.3 cm³/mol. The van der Waals surface area contributed by atoms with Crippen molar-refractivity contribution in [2.45, 2.75) is 0 Å². The Morgan fingerprint density at radius 3 is 2.33 bits per heavy atom. The lowest BCUT2D eigenvalue weighted by Crippen LogP contribution is -1.86. The zero-order valence-corrected chi connectivity index (χ0v) is 6.31. The zero-order chi connectivity index (χ0) is 8.97. The Morgan fingerprint density at radius 2 is 1.92 bits per heavy atom. The molecule has 0 amide bonds. The number of non-ortho nitro benzene ring substituents is 1. The molecule has 0 saturated carbocycles. The minimum atomic E-state index is -0.435. The average molecular weight is 164 g/mol. The molecular weight excluding hydrogens is 156 g/mol. The molecule has 0 spiro atoms. The molecule has 62 valence electrons. The summed E-state index contributed by atoms with van der Waals surface area (Å²) in [5.74, 6) is 0. The van der Waals surface area contributed by atoms with E-state index in [4.69, 9.17) is 5.73 Å². The Bertz CT molecular complexity index is 303. The third-order valence-electron chi connectivity index (χ3n) is 1.39. The smallest absolute Gasteiger partial charge is 0.269 e. The van der Waals surface area contributed by atoms with E-state index >= 15 is 0 Å². The number of nitro groups is 1. The number of benzene rings is 1. The van der Waals surface area contributed by atoms with Crippen molar-refractivity contribution in [3.63, 3.8) is 0 Å². The molecule has 2 N–H and O–H groups in total. The third-order valence-corrected chi connectivity index (χ3v) is 1.39. The molecule has 1 aromatic rings. The molecule has 0 atom stereocenters. The van der Waals surface area contributed by atoms with Crippen LogP contribution < -0.4 is 5.73 Å². The maximum Gasteiger partial charge on any atom is 0.269 e. The number of hydrogen-bond acceptors (Lipinski definition) is 3. The van der Waals surface area contributed by atoms with Crippen molar-refractivity contribution in [1.82, 2.24) is 0 Å². The highest BCUT2D eigenvalue weighted by Crippen LogP contribution is 2.12. The van der Waals surface area contributed by atoms with Gasteiger partial charge in [-0.25, -0.2) is 0 Å². The predicted octanol–water partition coefficient (Wildman–Crippen LogP) is 1.52. The molecule has 0 unspecified atom stereocenters. The molecule has 0 fully saturated rings. The molecule has 0 heterocycles. The summed E-state index contributed by atoms with van der Waals surface area (Å²) >= 11 is 0. The van der Waals surface area contributed by atoms with Crippen molar-refractivity contribution in [2.75, 3.05) is 0 Å². The van der Waals surface area contributed by atoms with Crippen LogP contribution in [0.4, 0.5) is 5.69 Å². The first kappa shape index (κ1) is 8.26. The Hall–Kier alpha value is -1.84. The van der Waals surface area contributed by atoms with Crippen LogP contribution in [0.5, 0.6) is 0 Å². The molecule has 0 aliphatic heterocycles. The van der Waals surface area contributed by atoms with Crippen molar-refractivity contribution >= 4 is 11.8 Å². The monoisotopic (exact) mass is 164 g/mol. The summed E-state index contributed by atoms with van der Waals surface area (Å²) in [5, 5.41) is 10.2. The zero-order valence-electron chi connectivity index (χ0n) is 6.31. The van der Waals surface area contributed by atoms with Gasteiger partial charge in [0.1, 0.15) is 0 Å². The van der Waals surface area contributed by atoms with Crippen LogP contribution in [0, 0.1) is 10.1 Å². The van der Waals surface area contributed by atoms with Crippen LogP contribution in [0.15, 0.2) is 30.5 Å². The molecule has 4 heteroatoms. The van der Waals surface area contributed by atoms with Crippen LogP contribution in [-0.4, -0.2) is 4.92 Å². The van der Waals surface area contributed by atoms with Crippen LogP contribution in [-0.2, 0) is 0 Å². The molecule has 1 aromatic carbocycles. The van der Waals surface area contributed by atoms with Gasteiger partial charge in [0, 0.05) is 12.1 Å². The van der Waals surface area contributed by atoms with Gasteiger partial charge in [-0.3, -0.25) is 10.1 Å². The molecule has 0 bridgehead atoms. The summed E-state index contributed by atoms with van der Waals surface area (Å²) in [4.78, 5) is 9.80. The van der Waals surface area contributed by atoms with Crippen LogP contribution in [0.3, 0.4) is 0 Å². The first-order valence-electron chi connectivity index (χ1n) is 3.37. The number of nitrogens with two attached hydrogens (primary N) is 1. The Morgan fingerprint density at radius 1 is 1.33 bits per heavy atom. The average Bonchev–Trinajstić information content (AvgIpc) is 2.06. The van der Waals surface area contributed by atoms with Gasteiger partial charge in [0.25, 0.3) is 5.69 Å². The maximum absolute atomic E-state index is 10.2. The quantitative estimate of drug-likeness (QED) is 0.532. The topological polar surface area (TPSA) is 69.2 Å². The lowest BCUT2D eigenvalue weighted by Gasteiger charge is -1.91. The molecule has 1 rings (SSSR count). The van der Waals surface area contributed by atoms with Crippen molar-refractivity contribution in [2.24, 2.45) is 5.73 Å². The lowest BCUT2D eigenvalue weighted by molar-refractivity contribution is -0.384. The van der Waals surface area contributed by atoms with E-state index in [0.717, 1.165) is 5.56 Å². The van der Waals surface area contributed by atoms with Crippen molar-refractivity contribution < 1.29 is 4.92 Å². The van der Waals surface area contributed by atoms with Gasteiger partial charge in [-0.1, -0.05) is 0 Å². The number of rotatable bonds is 2. The van der Waals surface area contributed by atoms with E-state index < -0.39 is 4.92 Å². The fourth-order valence-corrected chi connectivity index (χ4v) is 0.818. The van der Waals surface area contributed by atoms with E-state index in [2.05, 4.69) is 0 Å². The van der Waals surface area contributed by atoms with E-state index in [1.807, 2.05) is 0 Å². The van der Waals surface area contributed by atoms with Crippen molar-refractivity contribution in [3.8, 4) is 0 Å². The standard InChI is InChI=1S/C8H8N2O2/c9-6-5-7-1-3-8(4-2-7)10(11)12/h1-6H,9H2. The normalized spacial score (nSPS) is 10.3. The second-order valence-corrected chi connectivity index (χ2v) is 2.21. The minimum Gasteiger partial charge on any atom is -0.405 e. The molecule has 0 saturated heterocycles. The summed E-state index contributed by atoms with van der Waals surface area (Å²) in [6.45, 7) is 0. The van der Waals surface area contributed by atoms with Gasteiger partial charge in [0.05, 0.1) is 4.92 Å². The van der Waals surface area contributed by atoms with Gasteiger partial charge in [-0.15, -0.1) is 0 Å². The number of hydrogen-bond donors (Lipinski definition) is 1. The van der Waals surface area contributed by atoms with Crippen LogP contribution in [0.2, 0.25) is 0 Å². The summed E-state index contributed by atoms with van der Waals surface area (Å²) in [6.07, 6.45) is 3.06. The van der Waals surface area contributed by atoms with E-state index in [1.54, 1.807) is 18.2 Å². The van der Waals surface area contributed by atoms with Crippen LogP contribution in [0.25, 0.3) is 6.08 Å². The second-order valence-electron chi connectivity index (χ2n) is 2.21. The number of nitrogens with zero attached hydrogens (tertiary/aromatic N) is 1. The van der Waals surface area contributed by atoms with Gasteiger partial charge in [-0.05, 0) is 30.0 Å². The van der Waals surface area contributed by atoms with Gasteiger partial charge in [-0.2, -0.15) is 0 Å². The third kappa shape index (κ3) is 1.82. The molecule has 0 aliphatic carbocycles. The van der Waals surface area contributed by atoms with Gasteiger partial charge >= 0.3 is 0 Å². The molecule has 0 aliphatic rings. The lowest BCUT2D eigenvalue weighted by atomic mass is 10.2. The van der Waals surface area contributed by atoms with E-state index in [-0.39, 0.29) is 5.69 Å². The maximum atomic E-state index is 10.2. The van der Waals surface area contributed by atoms with Crippen molar-refractivity contribution in [3.05, 3.63) is 46.1 Å². The van der Waals surface area contributed by atoms with Gasteiger partial charge in [0.2, 0.25) is 0 Å². The fourth-order valence-electron chi connectivity index (χ4n) is 0.818. The Balaban J connectivity index is 2.93. The summed E-state index contributed by atoms with van der Waals surface area (Å²) < 4.78 is 0. The molecule has 0 radical (unpaired) electrons. The Labute approximate surface area is 69.5 Å². The molecule has 0 aromatic heterocycles. The number of nitro benzene ring substituents is 1. The largest absolute Gasteiger partial charge is 0.405 e. The highest BCUT2D eigenvalue weighted by Gasteiger charge is 2.01. The van der Waals surface area contributed by atoms with E-state index in [1.165, 1.54) is 18.3 Å². The van der Waals surface area contributed by atoms with Crippen molar-refractivity contribution in [1.29, 1.82) is 0 Å². The highest BCUT2D eigenvalue weighted by molar-refractivity contribution is 5.51. The first-order chi connectivity index (χ1) is 5.74. The summed E-state index contributed by atoms with van der Waals surface area (Å²) in [7, 11) is 0. The Kier molecular flexibility index (Phi) is 2.42. The summed E-state index contributed by atoms with van der Waals surface area (Å²) in [6, 6.07) is 6.16. The second kappa shape index (κ2) is 3.52. The molecule has 12 heavy (non-hydrogen) atoms. The summed E-state index contributed by atoms with van der Waals surface area (Å²) in [5.41, 5.74) is 6.08. The van der Waals surface area contributed by atoms with E-state index in [0.29, 0.717) is 0 Å².